The van der Waals surface area contributed by atoms with E-state index in [0.29, 0.717) is 44.9 Å². The molecular formula is C28H40N4O5. The van der Waals surface area contributed by atoms with Crippen LogP contribution in [0.15, 0.2) is 28.4 Å². The number of carbonyl (C=O) groups is 2. The van der Waals surface area contributed by atoms with Crippen LogP contribution in [-0.2, 0) is 9.59 Å². The Hall–Kier alpha value is -2.23. The molecule has 4 fully saturated rings. The van der Waals surface area contributed by atoms with Crippen molar-refractivity contribution in [3.63, 3.8) is 0 Å². The molecule has 0 radical (unpaired) electrons. The molecule has 9 heteroatoms. The lowest BCUT2D eigenvalue weighted by atomic mass is 9.34. The first-order chi connectivity index (χ1) is 17.7. The highest BCUT2D eigenvalue weighted by Crippen LogP contribution is 2.84. The van der Waals surface area contributed by atoms with E-state index in [1.54, 1.807) is 7.05 Å². The molecule has 7 atom stereocenters. The summed E-state index contributed by atoms with van der Waals surface area (Å²) in [6.07, 6.45) is 11.0. The van der Waals surface area contributed by atoms with Crippen molar-refractivity contribution < 1.29 is 24.9 Å². The molecule has 7 unspecified atom stereocenters. The van der Waals surface area contributed by atoms with Gasteiger partial charge in [0.25, 0.3) is 0 Å². The second-order valence-electron chi connectivity index (χ2n) is 12.3. The van der Waals surface area contributed by atoms with Crippen molar-refractivity contribution in [3.8, 4) is 0 Å². The van der Waals surface area contributed by atoms with E-state index in [4.69, 9.17) is 5.73 Å². The Morgan fingerprint density at radius 1 is 1.24 bits per heavy atom. The number of aliphatic carboxylic acids is 1. The van der Waals surface area contributed by atoms with Gasteiger partial charge in [0.2, 0.25) is 0 Å². The molecule has 5 aliphatic carbocycles. The first-order valence-electron chi connectivity index (χ1n) is 14.0. The van der Waals surface area contributed by atoms with E-state index in [9.17, 15) is 24.9 Å². The monoisotopic (exact) mass is 512 g/mol. The van der Waals surface area contributed by atoms with Gasteiger partial charge in [-0.15, -0.1) is 0 Å². The van der Waals surface area contributed by atoms with Crippen molar-refractivity contribution >= 4 is 17.7 Å². The second-order valence-corrected chi connectivity index (χ2v) is 12.3. The molecule has 1 aliphatic heterocycles. The molecule has 0 aromatic rings. The van der Waals surface area contributed by atoms with Gasteiger partial charge in [0, 0.05) is 61.5 Å². The molecule has 6 rings (SSSR count). The van der Waals surface area contributed by atoms with E-state index < -0.39 is 28.3 Å². The summed E-state index contributed by atoms with van der Waals surface area (Å²) in [6.45, 7) is 1.76. The van der Waals surface area contributed by atoms with Crippen LogP contribution < -0.4 is 11.1 Å². The molecule has 0 amide bonds. The molecule has 0 saturated heterocycles. The highest BCUT2D eigenvalue weighted by molar-refractivity contribution is 6.05. The van der Waals surface area contributed by atoms with Crippen LogP contribution in [0, 0.1) is 34.0 Å². The average molecular weight is 513 g/mol. The van der Waals surface area contributed by atoms with Crippen molar-refractivity contribution in [2.75, 3.05) is 33.3 Å². The zero-order valence-corrected chi connectivity index (χ0v) is 21.7. The van der Waals surface area contributed by atoms with Crippen molar-refractivity contribution in [1.82, 2.24) is 10.2 Å². The van der Waals surface area contributed by atoms with Crippen molar-refractivity contribution in [2.45, 2.75) is 63.4 Å². The van der Waals surface area contributed by atoms with E-state index >= 15 is 0 Å². The van der Waals surface area contributed by atoms with E-state index in [0.717, 1.165) is 37.7 Å². The Morgan fingerprint density at radius 2 is 2.03 bits per heavy atom. The number of carboxylic acids is 1. The molecule has 2 spiro atoms. The predicted octanol–water partition coefficient (Wildman–Crippen LogP) is 1.41. The topological polar surface area (TPSA) is 148 Å². The minimum atomic E-state index is -1.94. The van der Waals surface area contributed by atoms with Gasteiger partial charge in [-0.05, 0) is 62.4 Å². The van der Waals surface area contributed by atoms with Gasteiger partial charge >= 0.3 is 5.97 Å². The molecule has 0 aromatic heterocycles. The van der Waals surface area contributed by atoms with Gasteiger partial charge in [-0.2, -0.15) is 0 Å². The number of Topliss-reactive ketones (excluding diaryl/α,β-unsaturated/α-hetero) is 1. The maximum Gasteiger partial charge on any atom is 0.334 e. The predicted molar refractivity (Wildman–Crippen MR) is 137 cm³/mol. The number of hydrogen-bond donors (Lipinski definition) is 5. The third-order valence-electron chi connectivity index (χ3n) is 11.5. The summed E-state index contributed by atoms with van der Waals surface area (Å²) < 4.78 is 0. The third-order valence-corrected chi connectivity index (χ3v) is 11.5. The van der Waals surface area contributed by atoms with Gasteiger partial charge in [0.05, 0.1) is 12.2 Å². The number of nitrogens with one attached hydrogen (secondary N) is 1. The summed E-state index contributed by atoms with van der Waals surface area (Å²) in [7, 11) is 1.68. The number of aliphatic hydroxyl groups is 2. The van der Waals surface area contributed by atoms with E-state index in [1.807, 2.05) is 11.1 Å². The number of carboxylic acid groups (broad SMARTS) is 1. The molecule has 9 nitrogen and oxygen atoms in total. The zero-order valence-electron chi connectivity index (χ0n) is 21.7. The summed E-state index contributed by atoms with van der Waals surface area (Å²) in [5, 5.41) is 36.0. The maximum absolute atomic E-state index is 13.8. The Bertz CT molecular complexity index is 1120. The molecule has 6 aliphatic rings. The maximum atomic E-state index is 13.8. The SMILES string of the molecule is CN=C(N)N1C=CC2(CNCCO)CCC3C4(O)C(=O)CCCCC5CCC6CC(=C4C(=O)O)C53C62C1. The summed E-state index contributed by atoms with van der Waals surface area (Å²) in [6, 6.07) is 0. The average Bonchev–Trinajstić information content (AvgIpc) is 3.23. The zero-order chi connectivity index (χ0) is 26.2. The lowest BCUT2D eigenvalue weighted by molar-refractivity contribution is -0.214. The number of guanidine groups is 1. The Morgan fingerprint density at radius 3 is 2.76 bits per heavy atom. The summed E-state index contributed by atoms with van der Waals surface area (Å²) in [5.74, 6) is -1.07. The van der Waals surface area contributed by atoms with Gasteiger partial charge in [-0.1, -0.05) is 12.5 Å². The van der Waals surface area contributed by atoms with Crippen LogP contribution in [0.5, 0.6) is 0 Å². The van der Waals surface area contributed by atoms with Gasteiger partial charge in [0.15, 0.2) is 17.3 Å². The van der Waals surface area contributed by atoms with E-state index in [2.05, 4.69) is 16.4 Å². The van der Waals surface area contributed by atoms with Crippen LogP contribution >= 0.6 is 0 Å². The van der Waals surface area contributed by atoms with Crippen LogP contribution in [0.1, 0.15) is 57.8 Å². The summed E-state index contributed by atoms with van der Waals surface area (Å²) >= 11 is 0. The number of hydrogen-bond acceptors (Lipinski definition) is 6. The molecule has 37 heavy (non-hydrogen) atoms. The fraction of sp³-hybridized carbons (Fsp3) is 0.750. The number of nitrogens with two attached hydrogens (primary N) is 1. The van der Waals surface area contributed by atoms with E-state index in [1.165, 1.54) is 0 Å². The quantitative estimate of drug-likeness (QED) is 0.211. The number of nitrogens with zero attached hydrogens (tertiary/aromatic N) is 2. The second kappa shape index (κ2) is 8.38. The molecule has 1 heterocycles. The lowest BCUT2D eigenvalue weighted by Gasteiger charge is -2.71. The lowest BCUT2D eigenvalue weighted by Crippen LogP contribution is -2.72. The Labute approximate surface area is 217 Å². The van der Waals surface area contributed by atoms with Crippen LogP contribution in [0.25, 0.3) is 0 Å². The van der Waals surface area contributed by atoms with Gasteiger partial charge in [-0.25, -0.2) is 4.79 Å². The number of ketones is 1. The third kappa shape index (κ3) is 2.78. The van der Waals surface area contributed by atoms with Crippen LogP contribution in [0.4, 0.5) is 0 Å². The Kier molecular flexibility index (Phi) is 5.68. The number of rotatable bonds is 5. The van der Waals surface area contributed by atoms with Crippen molar-refractivity contribution in [1.29, 1.82) is 0 Å². The number of carbonyl (C=O) groups excluding carboxylic acids is 1. The highest BCUT2D eigenvalue weighted by atomic mass is 16.4. The first kappa shape index (κ1) is 25.1. The first-order valence-corrected chi connectivity index (χ1v) is 14.0. The molecular weight excluding hydrogens is 472 g/mol. The van der Waals surface area contributed by atoms with Crippen LogP contribution in [-0.4, -0.2) is 76.8 Å². The van der Waals surface area contributed by atoms with Crippen LogP contribution in [0.2, 0.25) is 0 Å². The van der Waals surface area contributed by atoms with Crippen LogP contribution in [0.3, 0.4) is 0 Å². The molecule has 3 bridgehead atoms. The number of aliphatic imine (C=N–C) groups is 1. The molecule has 202 valence electrons. The fourth-order valence-electron chi connectivity index (χ4n) is 10.6. The summed E-state index contributed by atoms with van der Waals surface area (Å²) in [4.78, 5) is 33.0. The highest BCUT2D eigenvalue weighted by Gasteiger charge is 2.84. The molecule has 4 saturated carbocycles. The van der Waals surface area contributed by atoms with Crippen molar-refractivity contribution in [2.24, 2.45) is 44.7 Å². The normalized spacial score (nSPS) is 44.4. The Balaban J connectivity index is 1.67. The summed E-state index contributed by atoms with van der Waals surface area (Å²) in [5.41, 5.74) is 3.97. The van der Waals surface area contributed by atoms with Gasteiger partial charge in [0.1, 0.15) is 0 Å². The smallest absolute Gasteiger partial charge is 0.334 e. The van der Waals surface area contributed by atoms with E-state index in [-0.39, 0.29) is 41.6 Å². The van der Waals surface area contributed by atoms with Gasteiger partial charge in [-0.3, -0.25) is 9.79 Å². The molecule has 6 N–H and O–H groups in total. The largest absolute Gasteiger partial charge is 0.478 e. The minimum absolute atomic E-state index is 0.00414. The van der Waals surface area contributed by atoms with Crippen molar-refractivity contribution in [3.05, 3.63) is 23.4 Å². The number of aliphatic hydroxyl groups excluding tert-OH is 1. The fourth-order valence-corrected chi connectivity index (χ4v) is 10.6. The standard InChI is InChI=1S/C28H40N4O5/c1-30-24(29)32-12-10-25(15-31-11-13-33)9-8-20-27-17-4-2-3-5-21(34)28(20,37)22(23(35)36)19(27)14-18(7-6-17)26(25,27)16-32/h10,12,17-18,20,31,33,37H,2-9,11,13-16H2,1H3,(H2,29,30)(H,35,36). The van der Waals surface area contributed by atoms with Gasteiger partial charge < -0.3 is 31.3 Å². The molecule has 0 aromatic carbocycles. The number of allylic oxidation sites excluding steroid dienone is 1. The minimum Gasteiger partial charge on any atom is -0.478 e.